The van der Waals surface area contributed by atoms with Crippen LogP contribution in [0.2, 0.25) is 0 Å². The topological polar surface area (TPSA) is 43.4 Å². The monoisotopic (exact) mass is 1210 g/mol. The van der Waals surface area contributed by atoms with E-state index in [1.165, 1.54) is 55.6 Å². The molecule has 0 saturated heterocycles. The molecule has 92 heavy (non-hydrogen) atoms. The Labute approximate surface area is 548 Å². The summed E-state index contributed by atoms with van der Waals surface area (Å²) in [5.74, 6) is 0. The smallest absolute Gasteiger partial charge is 0.0716 e. The van der Waals surface area contributed by atoms with Gasteiger partial charge in [0.15, 0.2) is 0 Å². The maximum atomic E-state index is 6.06. The first-order valence-corrected chi connectivity index (χ1v) is 32.7. The normalized spacial score (nSPS) is 11.1. The second kappa shape index (κ2) is 35.3. The van der Waals surface area contributed by atoms with Crippen molar-refractivity contribution < 1.29 is 18.9 Å². The van der Waals surface area contributed by atoms with Crippen molar-refractivity contribution >= 4 is 58.4 Å². The van der Waals surface area contributed by atoms with Gasteiger partial charge < -0.3 is 28.7 Å². The van der Waals surface area contributed by atoms with Crippen LogP contribution in [-0.2, 0) is 83.9 Å². The van der Waals surface area contributed by atoms with Gasteiger partial charge >= 0.3 is 0 Å². The van der Waals surface area contributed by atoms with Crippen LogP contribution in [0, 0.1) is 0 Å². The van der Waals surface area contributed by atoms with Crippen molar-refractivity contribution in [1.82, 2.24) is 0 Å². The van der Waals surface area contributed by atoms with Crippen molar-refractivity contribution in [2.45, 2.75) is 90.6 Å². The number of hydrogen-bond acceptors (Lipinski definition) is 6. The highest BCUT2D eigenvalue weighted by Crippen LogP contribution is 2.37. The van der Waals surface area contributed by atoms with Gasteiger partial charge in [-0.15, -0.1) is 0 Å². The average Bonchev–Trinajstić information content (AvgIpc) is 0.954. The van der Waals surface area contributed by atoms with Gasteiger partial charge in [0.25, 0.3) is 0 Å². The fourth-order valence-corrected chi connectivity index (χ4v) is 11.3. The second-order valence-corrected chi connectivity index (χ2v) is 23.6. The molecule has 0 aliphatic heterocycles. The van der Waals surface area contributed by atoms with Crippen LogP contribution in [0.5, 0.6) is 0 Å². The SMILES string of the molecule is C=Cc1ccc(COCCCc2ccc(N(c3ccc(CCCOCc4ccc(C=C)cc4)cc3)c3ccc(CCc4ccc(N(c5ccc(CCCOCc6ccc(C=C)cc6)cc5)c5ccc(CCCOCc6ccc(C=C)cc6)cc5)cc4)cc3)cc2)cc1. The summed E-state index contributed by atoms with van der Waals surface area (Å²) < 4.78 is 24.2. The molecule has 10 aromatic rings. The van der Waals surface area contributed by atoms with Crippen LogP contribution >= 0.6 is 0 Å². The van der Waals surface area contributed by atoms with Gasteiger partial charge in [0, 0.05) is 60.6 Å². The van der Waals surface area contributed by atoms with Crippen molar-refractivity contribution in [2.75, 3.05) is 36.2 Å². The Morgan fingerprint density at radius 1 is 0.207 bits per heavy atom. The van der Waals surface area contributed by atoms with E-state index >= 15 is 0 Å². The van der Waals surface area contributed by atoms with Crippen molar-refractivity contribution in [3.8, 4) is 0 Å². The van der Waals surface area contributed by atoms with Crippen molar-refractivity contribution in [3.05, 3.63) is 347 Å². The van der Waals surface area contributed by atoms with Gasteiger partial charge in [-0.2, -0.15) is 0 Å². The molecule has 0 fully saturated rings. The highest BCUT2D eigenvalue weighted by atomic mass is 16.5. The standard InChI is InChI=1S/C86H88N2O4/c1-5-67-17-27-77(28-18-67)63-89-59-9-13-71-35-47-81(48-36-71)87(82-49-37-72(38-50-82)14-10-60-90-64-78-29-19-68(6-2)20-30-78)85-55-43-75(44-56-85)25-26-76-45-57-86(58-46-76)88(83-51-39-73(40-52-83)15-11-61-91-65-79-31-21-69(7-3)22-32-79)84-53-41-74(42-54-84)16-12-62-92-66-80-33-23-70(8-4)24-34-80/h5-8,17-24,27-58H,1-4,9-16,25-26,59-66H2. The summed E-state index contributed by atoms with van der Waals surface area (Å²) in [6.07, 6.45) is 16.9. The Bertz CT molecular complexity index is 3350. The Hall–Kier alpha value is -9.40. The molecule has 6 nitrogen and oxygen atoms in total. The predicted octanol–water partition coefficient (Wildman–Crippen LogP) is 21.6. The highest BCUT2D eigenvalue weighted by molar-refractivity contribution is 5.78. The molecule has 10 rings (SSSR count). The lowest BCUT2D eigenvalue weighted by molar-refractivity contribution is 0.118. The number of anilines is 6. The Morgan fingerprint density at radius 3 is 0.543 bits per heavy atom. The van der Waals surface area contributed by atoms with Gasteiger partial charge in [0.1, 0.15) is 0 Å². The maximum absolute atomic E-state index is 6.06. The van der Waals surface area contributed by atoms with Crippen molar-refractivity contribution in [3.63, 3.8) is 0 Å². The molecule has 0 aromatic heterocycles. The van der Waals surface area contributed by atoms with E-state index in [-0.39, 0.29) is 0 Å². The zero-order valence-electron chi connectivity index (χ0n) is 53.5. The van der Waals surface area contributed by atoms with E-state index in [0.717, 1.165) is 121 Å². The van der Waals surface area contributed by atoms with Crippen LogP contribution in [0.15, 0.2) is 269 Å². The van der Waals surface area contributed by atoms with Crippen LogP contribution in [0.1, 0.15) is 104 Å². The highest BCUT2D eigenvalue weighted by Gasteiger charge is 2.16. The maximum Gasteiger partial charge on any atom is 0.0716 e. The summed E-state index contributed by atoms with van der Waals surface area (Å²) in [7, 11) is 0. The number of benzene rings is 10. The van der Waals surface area contributed by atoms with E-state index in [1.54, 1.807) is 0 Å². The minimum absolute atomic E-state index is 0.612. The van der Waals surface area contributed by atoms with E-state index in [1.807, 2.05) is 24.3 Å². The first-order chi connectivity index (χ1) is 45.4. The molecule has 0 radical (unpaired) electrons. The van der Waals surface area contributed by atoms with Crippen molar-refractivity contribution in [2.24, 2.45) is 0 Å². The molecule has 0 bridgehead atoms. The zero-order chi connectivity index (χ0) is 63.4. The first-order valence-electron chi connectivity index (χ1n) is 32.7. The number of rotatable bonds is 37. The van der Waals surface area contributed by atoms with Gasteiger partial charge in [-0.1, -0.05) is 220 Å². The summed E-state index contributed by atoms with van der Waals surface area (Å²) in [5, 5.41) is 0. The molecule has 10 aromatic carbocycles. The molecule has 0 saturated carbocycles. The molecule has 0 N–H and O–H groups in total. The van der Waals surface area contributed by atoms with Gasteiger partial charge in [0.2, 0.25) is 0 Å². The number of hydrogen-bond donors (Lipinski definition) is 0. The molecular formula is C86H88N2O4. The largest absolute Gasteiger partial charge is 0.377 e. The zero-order valence-corrected chi connectivity index (χ0v) is 53.5. The molecular weight excluding hydrogens is 1120 g/mol. The lowest BCUT2D eigenvalue weighted by atomic mass is 10.0. The molecule has 0 heterocycles. The number of nitrogens with zero attached hydrogens (tertiary/aromatic N) is 2. The Balaban J connectivity index is 0.776. The van der Waals surface area contributed by atoms with Crippen LogP contribution in [-0.4, -0.2) is 26.4 Å². The van der Waals surface area contributed by atoms with Crippen LogP contribution in [0.4, 0.5) is 34.1 Å². The summed E-state index contributed by atoms with van der Waals surface area (Å²) in [6.45, 7) is 20.7. The third-order valence-corrected chi connectivity index (χ3v) is 16.8. The van der Waals surface area contributed by atoms with E-state index in [4.69, 9.17) is 18.9 Å². The fourth-order valence-electron chi connectivity index (χ4n) is 11.3. The molecule has 466 valence electrons. The predicted molar refractivity (Wildman–Crippen MR) is 388 cm³/mol. The van der Waals surface area contributed by atoms with E-state index in [2.05, 4.69) is 279 Å². The van der Waals surface area contributed by atoms with Crippen LogP contribution < -0.4 is 9.80 Å². The lowest BCUT2D eigenvalue weighted by Gasteiger charge is -2.26. The Morgan fingerprint density at radius 2 is 0.370 bits per heavy atom. The minimum atomic E-state index is 0.612. The van der Waals surface area contributed by atoms with Crippen LogP contribution in [0.3, 0.4) is 0 Å². The molecule has 0 aliphatic carbocycles. The summed E-state index contributed by atoms with van der Waals surface area (Å²) >= 11 is 0. The second-order valence-electron chi connectivity index (χ2n) is 23.6. The fraction of sp³-hybridized carbons (Fsp3) is 0.209. The number of ether oxygens (including phenoxy) is 4. The van der Waals surface area contributed by atoms with Gasteiger partial charge in [0.05, 0.1) is 26.4 Å². The van der Waals surface area contributed by atoms with Crippen LogP contribution in [0.25, 0.3) is 24.3 Å². The quantitative estimate of drug-likeness (QED) is 0.0362. The van der Waals surface area contributed by atoms with E-state index < -0.39 is 0 Å². The minimum Gasteiger partial charge on any atom is -0.377 e. The summed E-state index contributed by atoms with van der Waals surface area (Å²) in [5.41, 5.74) is 23.7. The lowest BCUT2D eigenvalue weighted by Crippen LogP contribution is -2.10. The van der Waals surface area contributed by atoms with E-state index in [9.17, 15) is 0 Å². The molecule has 0 spiro atoms. The van der Waals surface area contributed by atoms with Gasteiger partial charge in [-0.3, -0.25) is 0 Å². The third kappa shape index (κ3) is 20.0. The molecule has 0 amide bonds. The van der Waals surface area contributed by atoms with Crippen molar-refractivity contribution in [1.29, 1.82) is 0 Å². The average molecular weight is 1210 g/mol. The third-order valence-electron chi connectivity index (χ3n) is 16.8. The molecule has 0 atom stereocenters. The summed E-state index contributed by atoms with van der Waals surface area (Å²) in [6, 6.07) is 88.0. The van der Waals surface area contributed by atoms with Gasteiger partial charge in [-0.05, 0) is 215 Å². The molecule has 0 aliphatic rings. The molecule has 0 unspecified atom stereocenters. The van der Waals surface area contributed by atoms with E-state index in [0.29, 0.717) is 52.9 Å². The summed E-state index contributed by atoms with van der Waals surface area (Å²) in [4.78, 5) is 4.74. The van der Waals surface area contributed by atoms with Gasteiger partial charge in [-0.25, -0.2) is 0 Å². The first kappa shape index (κ1) is 65.5. The molecule has 6 heteroatoms. The number of aryl methyl sites for hydroxylation is 6. The Kier molecular flexibility index (Phi) is 25.1.